The first-order valence-corrected chi connectivity index (χ1v) is 8.77. The van der Waals surface area contributed by atoms with Crippen LogP contribution in [0.4, 0.5) is 13.2 Å². The molecule has 29 heavy (non-hydrogen) atoms. The van der Waals surface area contributed by atoms with Crippen molar-refractivity contribution < 1.29 is 37.0 Å². The van der Waals surface area contributed by atoms with Gasteiger partial charge in [0.1, 0.15) is 5.75 Å². The van der Waals surface area contributed by atoms with Crippen LogP contribution in [0, 0.1) is 0 Å². The minimum Gasteiger partial charge on any atom is -0.467 e. The highest BCUT2D eigenvalue weighted by Crippen LogP contribution is 2.34. The summed E-state index contributed by atoms with van der Waals surface area (Å²) in [5, 5.41) is 0. The van der Waals surface area contributed by atoms with Crippen LogP contribution in [0.25, 0.3) is 0 Å². The van der Waals surface area contributed by atoms with E-state index < -0.39 is 23.5 Å². The fourth-order valence-electron chi connectivity index (χ4n) is 2.67. The Kier molecular flexibility index (Phi) is 7.33. The van der Waals surface area contributed by atoms with E-state index in [9.17, 15) is 22.8 Å². The minimum atomic E-state index is -4.62. The first-order chi connectivity index (χ1) is 13.7. The van der Waals surface area contributed by atoms with Crippen molar-refractivity contribution in [2.45, 2.75) is 26.4 Å². The molecule has 6 nitrogen and oxygen atoms in total. The summed E-state index contributed by atoms with van der Waals surface area (Å²) < 4.78 is 54.1. The second kappa shape index (κ2) is 9.51. The van der Waals surface area contributed by atoms with E-state index in [0.717, 1.165) is 18.2 Å². The number of benzene rings is 1. The summed E-state index contributed by atoms with van der Waals surface area (Å²) in [5.41, 5.74) is -0.819. The molecule has 0 amide bonds. The average Bonchev–Trinajstić information content (AvgIpc) is 2.70. The zero-order valence-corrected chi connectivity index (χ0v) is 16.1. The normalized spacial score (nSPS) is 11.2. The quantitative estimate of drug-likeness (QED) is 0.371. The molecule has 0 N–H and O–H groups in total. The van der Waals surface area contributed by atoms with Crippen molar-refractivity contribution >= 4 is 11.8 Å². The monoisotopic (exact) mass is 411 g/mol. The summed E-state index contributed by atoms with van der Waals surface area (Å²) in [6.07, 6.45) is -2.90. The summed E-state index contributed by atoms with van der Waals surface area (Å²) in [6, 6.07) is 3.83. The lowest BCUT2D eigenvalue weighted by atomic mass is 9.95. The number of carbonyl (C=O) groups excluding carboxylic acids is 2. The predicted molar refractivity (Wildman–Crippen MR) is 97.0 cm³/mol. The summed E-state index contributed by atoms with van der Waals surface area (Å²) in [7, 11) is 1.30. The van der Waals surface area contributed by atoms with E-state index in [1.807, 2.05) is 0 Å². The molecule has 0 radical (unpaired) electrons. The number of hydrogen-bond donors (Lipinski definition) is 0. The number of halogens is 3. The maximum atomic E-state index is 13.2. The number of hydrogen-bond acceptors (Lipinski definition) is 6. The van der Waals surface area contributed by atoms with Crippen molar-refractivity contribution in [1.29, 1.82) is 0 Å². The fourth-order valence-corrected chi connectivity index (χ4v) is 2.67. The molecule has 1 heterocycles. The van der Waals surface area contributed by atoms with Crippen LogP contribution in [-0.2, 0) is 22.1 Å². The molecule has 0 bridgehead atoms. The van der Waals surface area contributed by atoms with Gasteiger partial charge in [0.2, 0.25) is 0 Å². The third-order valence-electron chi connectivity index (χ3n) is 3.97. The Morgan fingerprint density at radius 1 is 1.10 bits per heavy atom. The topological polar surface area (TPSA) is 74.7 Å². The van der Waals surface area contributed by atoms with E-state index >= 15 is 0 Å². The van der Waals surface area contributed by atoms with Crippen molar-refractivity contribution in [3.8, 4) is 5.75 Å². The lowest BCUT2D eigenvalue weighted by Gasteiger charge is -2.15. The van der Waals surface area contributed by atoms with Crippen LogP contribution in [0.5, 0.6) is 5.75 Å². The van der Waals surface area contributed by atoms with E-state index in [1.54, 1.807) is 13.8 Å². The summed E-state index contributed by atoms with van der Waals surface area (Å²) in [5.74, 6) is -1.73. The molecule has 2 rings (SSSR count). The minimum absolute atomic E-state index is 0.0144. The van der Waals surface area contributed by atoms with Crippen LogP contribution in [0.2, 0.25) is 0 Å². The number of carbonyl (C=O) groups is 2. The highest BCUT2D eigenvalue weighted by Gasteiger charge is 2.33. The molecule has 0 unspecified atom stereocenters. The molecule has 0 saturated heterocycles. The molecule has 0 spiro atoms. The van der Waals surface area contributed by atoms with Crippen molar-refractivity contribution in [2.24, 2.45) is 0 Å². The Morgan fingerprint density at radius 2 is 1.83 bits per heavy atom. The van der Waals surface area contributed by atoms with Gasteiger partial charge in [0.05, 0.1) is 29.0 Å². The Labute approximate surface area is 165 Å². The van der Waals surface area contributed by atoms with Crippen LogP contribution >= 0.6 is 0 Å². The van der Waals surface area contributed by atoms with Crippen molar-refractivity contribution in [3.63, 3.8) is 0 Å². The van der Waals surface area contributed by atoms with Crippen molar-refractivity contribution in [2.75, 3.05) is 20.5 Å². The zero-order valence-electron chi connectivity index (χ0n) is 16.1. The highest BCUT2D eigenvalue weighted by molar-refractivity contribution is 6.16. The Morgan fingerprint density at radius 3 is 2.41 bits per heavy atom. The molecule has 0 saturated carbocycles. The summed E-state index contributed by atoms with van der Waals surface area (Å²) in [6.45, 7) is 3.11. The molecule has 1 aromatic heterocycles. The molecule has 0 aliphatic carbocycles. The van der Waals surface area contributed by atoms with Gasteiger partial charge in [-0.25, -0.2) is 4.79 Å². The van der Waals surface area contributed by atoms with Crippen LogP contribution in [-0.4, -0.2) is 37.2 Å². The summed E-state index contributed by atoms with van der Waals surface area (Å²) in [4.78, 5) is 29.7. The third kappa shape index (κ3) is 5.11. The maximum absolute atomic E-state index is 13.2. The number of aryl methyl sites for hydroxylation is 1. The smallest absolute Gasteiger partial charge is 0.416 e. The fraction of sp³-hybridized carbons (Fsp3) is 0.350. The SMILES string of the molecule is CCOC(=O)c1c(C(=O)c2ccc(C(F)(F)F)cc2OCOC)ccnc1CC. The molecule has 0 fully saturated rings. The molecular weight excluding hydrogens is 391 g/mol. The largest absolute Gasteiger partial charge is 0.467 e. The van der Waals surface area contributed by atoms with Gasteiger partial charge in [-0.3, -0.25) is 9.78 Å². The van der Waals surface area contributed by atoms with E-state index in [4.69, 9.17) is 14.2 Å². The van der Waals surface area contributed by atoms with Crippen molar-refractivity contribution in [3.05, 3.63) is 58.4 Å². The van der Waals surface area contributed by atoms with Gasteiger partial charge < -0.3 is 14.2 Å². The number of methoxy groups -OCH3 is 1. The third-order valence-corrected chi connectivity index (χ3v) is 3.97. The number of ketones is 1. The maximum Gasteiger partial charge on any atom is 0.416 e. The second-order valence-corrected chi connectivity index (χ2v) is 5.84. The molecule has 1 aromatic carbocycles. The molecular formula is C20H20F3NO5. The lowest BCUT2D eigenvalue weighted by Crippen LogP contribution is -2.17. The van der Waals surface area contributed by atoms with Gasteiger partial charge in [0.15, 0.2) is 12.6 Å². The number of nitrogens with zero attached hydrogens (tertiary/aromatic N) is 1. The molecule has 156 valence electrons. The van der Waals surface area contributed by atoms with Crippen LogP contribution in [0.1, 0.15) is 51.4 Å². The predicted octanol–water partition coefficient (Wildman–Crippen LogP) is 4.05. The van der Waals surface area contributed by atoms with Gasteiger partial charge >= 0.3 is 12.1 Å². The van der Waals surface area contributed by atoms with E-state index in [2.05, 4.69) is 4.98 Å². The zero-order chi connectivity index (χ0) is 21.6. The van der Waals surface area contributed by atoms with Crippen molar-refractivity contribution in [1.82, 2.24) is 4.98 Å². The lowest BCUT2D eigenvalue weighted by molar-refractivity contribution is -0.137. The highest BCUT2D eigenvalue weighted by atomic mass is 19.4. The number of esters is 1. The standard InChI is InChI=1S/C20H20F3NO5/c1-4-15-17(19(26)28-5-2)14(8-9-24-15)18(25)13-7-6-12(20(21,22)23)10-16(13)29-11-27-3/h6-10H,4-5,11H2,1-3H3. The molecule has 0 aliphatic rings. The number of rotatable bonds is 8. The van der Waals surface area contributed by atoms with Crippen LogP contribution in [0.3, 0.4) is 0 Å². The van der Waals surface area contributed by atoms with Gasteiger partial charge in [0.25, 0.3) is 0 Å². The number of pyridine rings is 1. The van der Waals surface area contributed by atoms with Gasteiger partial charge in [-0.15, -0.1) is 0 Å². The van der Waals surface area contributed by atoms with Crippen LogP contribution < -0.4 is 4.74 Å². The van der Waals surface area contributed by atoms with Gasteiger partial charge in [-0.1, -0.05) is 6.92 Å². The van der Waals surface area contributed by atoms with Crippen LogP contribution in [0.15, 0.2) is 30.5 Å². The van der Waals surface area contributed by atoms with Gasteiger partial charge in [-0.05, 0) is 37.6 Å². The number of ether oxygens (including phenoxy) is 3. The Bertz CT molecular complexity index is 896. The molecule has 9 heteroatoms. The van der Waals surface area contributed by atoms with Gasteiger partial charge in [-0.2, -0.15) is 13.2 Å². The van der Waals surface area contributed by atoms with Gasteiger partial charge in [0, 0.05) is 18.9 Å². The Balaban J connectivity index is 2.61. The molecule has 0 aliphatic heterocycles. The number of aromatic nitrogens is 1. The first kappa shape index (κ1) is 22.4. The Hall–Kier alpha value is -2.94. The molecule has 2 aromatic rings. The molecule has 0 atom stereocenters. The van der Waals surface area contributed by atoms with E-state index in [1.165, 1.54) is 19.4 Å². The second-order valence-electron chi connectivity index (χ2n) is 5.84. The van der Waals surface area contributed by atoms with E-state index in [0.29, 0.717) is 12.1 Å². The average molecular weight is 411 g/mol. The summed E-state index contributed by atoms with van der Waals surface area (Å²) >= 11 is 0. The van der Waals surface area contributed by atoms with E-state index in [-0.39, 0.29) is 35.8 Å². The first-order valence-electron chi connectivity index (χ1n) is 8.77. The number of alkyl halides is 3.